The highest BCUT2D eigenvalue weighted by Crippen LogP contribution is 2.21. The first kappa shape index (κ1) is 21.3. The molecule has 2 amide bonds. The molecule has 30 heavy (non-hydrogen) atoms. The van der Waals surface area contributed by atoms with Crippen LogP contribution in [0, 0.1) is 13.8 Å². The molecule has 8 nitrogen and oxygen atoms in total. The Morgan fingerprint density at radius 3 is 2.23 bits per heavy atom. The summed E-state index contributed by atoms with van der Waals surface area (Å²) < 4.78 is 25.2. The van der Waals surface area contributed by atoms with Crippen LogP contribution in [0.4, 0.5) is 11.5 Å². The van der Waals surface area contributed by atoms with Gasteiger partial charge in [0.1, 0.15) is 5.82 Å². The van der Waals surface area contributed by atoms with Crippen molar-refractivity contribution in [2.75, 3.05) is 16.9 Å². The van der Waals surface area contributed by atoms with E-state index >= 15 is 0 Å². The van der Waals surface area contributed by atoms with Gasteiger partial charge in [0.15, 0.2) is 9.84 Å². The molecule has 2 N–H and O–H groups in total. The molecule has 0 unspecified atom stereocenters. The van der Waals surface area contributed by atoms with Crippen molar-refractivity contribution in [3.63, 3.8) is 0 Å². The molecule has 0 saturated heterocycles. The summed E-state index contributed by atoms with van der Waals surface area (Å²) in [5, 5.41) is 9.88. The largest absolute Gasteiger partial charge is 0.322 e. The first-order valence-electron chi connectivity index (χ1n) is 9.11. The van der Waals surface area contributed by atoms with E-state index in [4.69, 9.17) is 0 Å². The number of nitrogens with zero attached hydrogens (tertiary/aromatic N) is 2. The van der Waals surface area contributed by atoms with Crippen molar-refractivity contribution >= 4 is 33.2 Å². The highest BCUT2D eigenvalue weighted by atomic mass is 32.2. The standard InChI is InChI=1S/C21H22N4O4S/c1-13-5-10-18(30(4,28)29)12-19(13)21(27)23-16-6-8-17(9-7-16)25-20(22-15(3)26)11-14(2)24-25/h5-12H,1-4H3,(H,22,26)(H,23,27). The Balaban J connectivity index is 1.84. The van der Waals surface area contributed by atoms with Gasteiger partial charge in [-0.3, -0.25) is 9.59 Å². The minimum Gasteiger partial charge on any atom is -0.322 e. The molecular formula is C21H22N4O4S. The molecule has 1 heterocycles. The summed E-state index contributed by atoms with van der Waals surface area (Å²) in [7, 11) is -3.42. The van der Waals surface area contributed by atoms with Crippen molar-refractivity contribution in [3.05, 3.63) is 65.4 Å². The van der Waals surface area contributed by atoms with Gasteiger partial charge in [0, 0.05) is 30.5 Å². The van der Waals surface area contributed by atoms with Gasteiger partial charge in [-0.1, -0.05) is 6.07 Å². The number of aromatic nitrogens is 2. The van der Waals surface area contributed by atoms with E-state index in [1.54, 1.807) is 48.0 Å². The molecule has 1 aromatic heterocycles. The molecule has 0 bridgehead atoms. The average molecular weight is 426 g/mol. The van der Waals surface area contributed by atoms with Crippen LogP contribution in [0.15, 0.2) is 53.4 Å². The summed E-state index contributed by atoms with van der Waals surface area (Å²) in [6, 6.07) is 13.2. The highest BCUT2D eigenvalue weighted by Gasteiger charge is 2.15. The van der Waals surface area contributed by atoms with Crippen LogP contribution in [-0.4, -0.2) is 36.3 Å². The number of anilines is 2. The Kier molecular flexibility index (Phi) is 5.75. The molecule has 0 fully saturated rings. The number of nitrogens with one attached hydrogen (secondary N) is 2. The van der Waals surface area contributed by atoms with E-state index in [0.717, 1.165) is 11.9 Å². The van der Waals surface area contributed by atoms with Gasteiger partial charge in [0.2, 0.25) is 5.91 Å². The third kappa shape index (κ3) is 4.74. The normalized spacial score (nSPS) is 11.2. The fourth-order valence-electron chi connectivity index (χ4n) is 2.93. The molecule has 2 aromatic carbocycles. The zero-order valence-corrected chi connectivity index (χ0v) is 17.9. The van der Waals surface area contributed by atoms with Gasteiger partial charge in [-0.15, -0.1) is 0 Å². The maximum absolute atomic E-state index is 12.7. The summed E-state index contributed by atoms with van der Waals surface area (Å²) in [5.74, 6) is -0.0589. The highest BCUT2D eigenvalue weighted by molar-refractivity contribution is 7.90. The summed E-state index contributed by atoms with van der Waals surface area (Å²) in [6.07, 6.45) is 1.10. The van der Waals surface area contributed by atoms with E-state index in [-0.39, 0.29) is 16.4 Å². The Bertz CT molecular complexity index is 1230. The molecule has 0 saturated carbocycles. The number of carbonyl (C=O) groups excluding carboxylic acids is 2. The van der Waals surface area contributed by atoms with E-state index < -0.39 is 15.7 Å². The van der Waals surface area contributed by atoms with Crippen molar-refractivity contribution in [2.24, 2.45) is 0 Å². The maximum atomic E-state index is 12.7. The first-order chi connectivity index (χ1) is 14.0. The Hall–Kier alpha value is -3.46. The number of carbonyl (C=O) groups is 2. The second kappa shape index (κ2) is 8.11. The fraction of sp³-hybridized carbons (Fsp3) is 0.190. The lowest BCUT2D eigenvalue weighted by atomic mass is 10.1. The Morgan fingerprint density at radius 1 is 0.967 bits per heavy atom. The van der Waals surface area contributed by atoms with Crippen LogP contribution >= 0.6 is 0 Å². The summed E-state index contributed by atoms with van der Waals surface area (Å²) in [5.41, 5.74) is 2.96. The molecule has 0 atom stereocenters. The summed E-state index contributed by atoms with van der Waals surface area (Å²) >= 11 is 0. The minimum atomic E-state index is -3.42. The van der Waals surface area contributed by atoms with Gasteiger partial charge in [-0.05, 0) is 55.8 Å². The number of rotatable bonds is 5. The monoisotopic (exact) mass is 426 g/mol. The van der Waals surface area contributed by atoms with Crippen LogP contribution in [-0.2, 0) is 14.6 Å². The zero-order chi connectivity index (χ0) is 22.1. The molecule has 0 spiro atoms. The zero-order valence-electron chi connectivity index (χ0n) is 17.1. The van der Waals surface area contributed by atoms with Crippen molar-refractivity contribution in [3.8, 4) is 5.69 Å². The van der Waals surface area contributed by atoms with Gasteiger partial charge < -0.3 is 10.6 Å². The van der Waals surface area contributed by atoms with Gasteiger partial charge in [-0.25, -0.2) is 13.1 Å². The number of aryl methyl sites for hydroxylation is 2. The van der Waals surface area contributed by atoms with Gasteiger partial charge in [-0.2, -0.15) is 5.10 Å². The fourth-order valence-corrected chi connectivity index (χ4v) is 3.57. The van der Waals surface area contributed by atoms with Crippen LogP contribution in [0.1, 0.15) is 28.5 Å². The van der Waals surface area contributed by atoms with Gasteiger partial charge in [0.05, 0.1) is 16.3 Å². The van der Waals surface area contributed by atoms with Crippen LogP contribution in [0.25, 0.3) is 5.69 Å². The Morgan fingerprint density at radius 2 is 1.63 bits per heavy atom. The third-order valence-corrected chi connectivity index (χ3v) is 5.50. The molecule has 0 aliphatic rings. The number of hydrogen-bond acceptors (Lipinski definition) is 5. The molecule has 3 rings (SSSR count). The Labute approximate surface area is 174 Å². The molecule has 0 radical (unpaired) electrons. The molecule has 0 aliphatic carbocycles. The van der Waals surface area contributed by atoms with Crippen molar-refractivity contribution in [1.29, 1.82) is 0 Å². The van der Waals surface area contributed by atoms with Crippen LogP contribution < -0.4 is 10.6 Å². The molecule has 0 aliphatic heterocycles. The molecular weight excluding hydrogens is 404 g/mol. The first-order valence-corrected chi connectivity index (χ1v) is 11.0. The second-order valence-electron chi connectivity index (χ2n) is 7.01. The lowest BCUT2D eigenvalue weighted by molar-refractivity contribution is -0.114. The molecule has 9 heteroatoms. The maximum Gasteiger partial charge on any atom is 0.255 e. The molecule has 156 valence electrons. The SMILES string of the molecule is CC(=O)Nc1cc(C)nn1-c1ccc(NC(=O)c2cc(S(C)(=O)=O)ccc2C)cc1. The van der Waals surface area contributed by atoms with E-state index in [0.29, 0.717) is 22.8 Å². The lowest BCUT2D eigenvalue weighted by Gasteiger charge is -2.11. The van der Waals surface area contributed by atoms with Crippen LogP contribution in [0.3, 0.4) is 0 Å². The lowest BCUT2D eigenvalue weighted by Crippen LogP contribution is -2.14. The van der Waals surface area contributed by atoms with Crippen LogP contribution in [0.2, 0.25) is 0 Å². The number of amides is 2. The van der Waals surface area contributed by atoms with Crippen molar-refractivity contribution in [2.45, 2.75) is 25.7 Å². The predicted molar refractivity (Wildman–Crippen MR) is 115 cm³/mol. The number of hydrogen-bond donors (Lipinski definition) is 2. The van der Waals surface area contributed by atoms with E-state index in [1.165, 1.54) is 19.1 Å². The van der Waals surface area contributed by atoms with Gasteiger partial charge in [0.25, 0.3) is 5.91 Å². The molecule has 3 aromatic rings. The second-order valence-corrected chi connectivity index (χ2v) is 9.03. The average Bonchev–Trinajstić information content (AvgIpc) is 3.01. The van der Waals surface area contributed by atoms with Gasteiger partial charge >= 0.3 is 0 Å². The smallest absolute Gasteiger partial charge is 0.255 e. The quantitative estimate of drug-likeness (QED) is 0.651. The van der Waals surface area contributed by atoms with E-state index in [9.17, 15) is 18.0 Å². The predicted octanol–water partition coefficient (Wildman–Crippen LogP) is 3.10. The van der Waals surface area contributed by atoms with Crippen molar-refractivity contribution in [1.82, 2.24) is 9.78 Å². The van der Waals surface area contributed by atoms with Crippen molar-refractivity contribution < 1.29 is 18.0 Å². The van der Waals surface area contributed by atoms with E-state index in [2.05, 4.69) is 15.7 Å². The third-order valence-electron chi connectivity index (χ3n) is 4.39. The number of sulfone groups is 1. The summed E-state index contributed by atoms with van der Waals surface area (Å²) in [4.78, 5) is 24.2. The minimum absolute atomic E-state index is 0.0909. The van der Waals surface area contributed by atoms with E-state index in [1.807, 2.05) is 6.92 Å². The van der Waals surface area contributed by atoms with Crippen LogP contribution in [0.5, 0.6) is 0 Å². The number of benzene rings is 2. The topological polar surface area (TPSA) is 110 Å². The summed E-state index contributed by atoms with van der Waals surface area (Å²) in [6.45, 7) is 4.99.